The van der Waals surface area contributed by atoms with Crippen molar-refractivity contribution in [3.05, 3.63) is 71.8 Å². The van der Waals surface area contributed by atoms with Crippen molar-refractivity contribution < 1.29 is 22.5 Å². The minimum Gasteiger partial charge on any atom is -0.423 e. The van der Waals surface area contributed by atoms with E-state index in [1.807, 2.05) is 49.3 Å². The molecule has 3 aromatic rings. The van der Waals surface area contributed by atoms with Crippen LogP contribution in [0.1, 0.15) is 15.9 Å². The topological polar surface area (TPSA) is 134 Å². The van der Waals surface area contributed by atoms with Crippen LogP contribution in [0.15, 0.2) is 60.7 Å². The van der Waals surface area contributed by atoms with E-state index < -0.39 is 16.1 Å². The van der Waals surface area contributed by atoms with Crippen molar-refractivity contribution in [2.24, 2.45) is 5.73 Å². The van der Waals surface area contributed by atoms with Gasteiger partial charge in [0, 0.05) is 25.3 Å². The molecule has 0 aromatic heterocycles. The molecule has 0 fully saturated rings. The number of carbonyl (C=O) groups is 1. The lowest BCUT2D eigenvalue weighted by Gasteiger charge is -2.12. The molecule has 0 aliphatic carbocycles. The van der Waals surface area contributed by atoms with Crippen LogP contribution in [0.2, 0.25) is 0 Å². The van der Waals surface area contributed by atoms with E-state index in [2.05, 4.69) is 0 Å². The normalized spacial score (nSPS) is 10.7. The Balaban J connectivity index is 0.000000575. The van der Waals surface area contributed by atoms with Gasteiger partial charge in [-0.25, -0.2) is 4.79 Å². The van der Waals surface area contributed by atoms with Crippen LogP contribution in [-0.4, -0.2) is 45.1 Å². The van der Waals surface area contributed by atoms with Gasteiger partial charge in [-0.3, -0.25) is 9.96 Å². The fourth-order valence-corrected chi connectivity index (χ4v) is 2.52. The molecule has 0 aliphatic heterocycles. The molecule has 30 heavy (non-hydrogen) atoms. The number of nitrogens with one attached hydrogen (secondary N) is 1. The van der Waals surface area contributed by atoms with Crippen molar-refractivity contribution in [1.82, 2.24) is 0 Å². The summed E-state index contributed by atoms with van der Waals surface area (Å²) in [6.07, 6.45) is 0.715. The second-order valence-electron chi connectivity index (χ2n) is 6.70. The van der Waals surface area contributed by atoms with Gasteiger partial charge >= 0.3 is 5.97 Å². The number of esters is 1. The van der Waals surface area contributed by atoms with Crippen LogP contribution in [0.25, 0.3) is 10.8 Å². The van der Waals surface area contributed by atoms with Crippen molar-refractivity contribution in [2.45, 2.75) is 0 Å². The zero-order chi connectivity index (χ0) is 22.5. The molecular weight excluding hydrogens is 406 g/mol. The molecule has 0 bridgehead atoms. The number of rotatable bonds is 4. The van der Waals surface area contributed by atoms with Gasteiger partial charge < -0.3 is 15.4 Å². The summed E-state index contributed by atoms with van der Waals surface area (Å²) >= 11 is 0. The molecule has 4 N–H and O–H groups in total. The number of fused-ring (bicyclic) bond motifs is 1. The van der Waals surface area contributed by atoms with Crippen LogP contribution < -0.4 is 15.4 Å². The zero-order valence-corrected chi connectivity index (χ0v) is 17.6. The second kappa shape index (κ2) is 9.38. The molecular formula is C21H23N3O5S. The number of ether oxygens (including phenoxy) is 1. The van der Waals surface area contributed by atoms with Crippen molar-refractivity contribution in [3.8, 4) is 5.75 Å². The number of nitrogens with zero attached hydrogens (tertiary/aromatic N) is 1. The summed E-state index contributed by atoms with van der Waals surface area (Å²) < 4.78 is 31.3. The second-order valence-corrected chi connectivity index (χ2v) is 8.17. The van der Waals surface area contributed by atoms with Gasteiger partial charge in [0.25, 0.3) is 10.1 Å². The highest BCUT2D eigenvalue weighted by Gasteiger charge is 2.10. The highest BCUT2D eigenvalue weighted by atomic mass is 32.2. The third kappa shape index (κ3) is 6.87. The molecule has 0 amide bonds. The van der Waals surface area contributed by atoms with E-state index in [4.69, 9.17) is 20.4 Å². The molecule has 0 aliphatic rings. The van der Waals surface area contributed by atoms with E-state index in [1.165, 1.54) is 0 Å². The molecule has 3 aromatic carbocycles. The number of hydrogen-bond acceptors (Lipinski definition) is 6. The lowest BCUT2D eigenvalue weighted by molar-refractivity contribution is 0.0735. The Hall–Kier alpha value is -3.43. The number of nitrogen functional groups attached to an aromatic ring is 1. The quantitative estimate of drug-likeness (QED) is 0.191. The molecule has 0 heterocycles. The summed E-state index contributed by atoms with van der Waals surface area (Å²) in [5.41, 5.74) is 7.69. The summed E-state index contributed by atoms with van der Waals surface area (Å²) in [7, 11) is 0.222. The summed E-state index contributed by atoms with van der Waals surface area (Å²) in [5, 5.41) is 9.34. The van der Waals surface area contributed by atoms with Crippen LogP contribution >= 0.6 is 0 Å². The smallest absolute Gasteiger partial charge is 0.343 e. The van der Waals surface area contributed by atoms with Crippen LogP contribution in [-0.2, 0) is 10.1 Å². The Bertz CT molecular complexity index is 1160. The first kappa shape index (κ1) is 22.9. The summed E-state index contributed by atoms with van der Waals surface area (Å²) in [6.45, 7) is 0. The Labute approximate surface area is 175 Å². The third-order valence-corrected chi connectivity index (χ3v) is 3.95. The molecule has 0 saturated carbocycles. The van der Waals surface area contributed by atoms with E-state index in [1.54, 1.807) is 30.3 Å². The van der Waals surface area contributed by atoms with Crippen molar-refractivity contribution in [1.29, 1.82) is 5.41 Å². The lowest BCUT2D eigenvalue weighted by Crippen LogP contribution is -2.11. The zero-order valence-electron chi connectivity index (χ0n) is 16.8. The van der Waals surface area contributed by atoms with E-state index in [-0.39, 0.29) is 5.84 Å². The lowest BCUT2D eigenvalue weighted by atomic mass is 10.1. The Morgan fingerprint density at radius 2 is 1.47 bits per heavy atom. The molecule has 0 saturated heterocycles. The van der Waals surface area contributed by atoms with Crippen molar-refractivity contribution in [2.75, 3.05) is 25.3 Å². The first-order valence-corrected chi connectivity index (χ1v) is 10.6. The minimum absolute atomic E-state index is 0.0265. The first-order valence-electron chi connectivity index (χ1n) is 8.74. The highest BCUT2D eigenvalue weighted by molar-refractivity contribution is 7.85. The van der Waals surface area contributed by atoms with Gasteiger partial charge in [0.1, 0.15) is 11.6 Å². The minimum atomic E-state index is -3.67. The fraction of sp³-hybridized carbons (Fsp3) is 0.143. The highest BCUT2D eigenvalue weighted by Crippen LogP contribution is 2.23. The van der Waals surface area contributed by atoms with Crippen LogP contribution in [0.4, 0.5) is 5.69 Å². The van der Waals surface area contributed by atoms with E-state index in [0.717, 1.165) is 16.5 Å². The van der Waals surface area contributed by atoms with Gasteiger partial charge in [-0.15, -0.1) is 0 Å². The molecule has 158 valence electrons. The third-order valence-electron chi connectivity index (χ3n) is 3.95. The number of carbonyl (C=O) groups excluding carboxylic acids is 1. The number of benzene rings is 3. The van der Waals surface area contributed by atoms with E-state index in [0.29, 0.717) is 23.1 Å². The van der Waals surface area contributed by atoms with Gasteiger partial charge in [0.15, 0.2) is 0 Å². The summed E-state index contributed by atoms with van der Waals surface area (Å²) in [5.74, 6) is 0.105. The fourth-order valence-electron chi connectivity index (χ4n) is 2.52. The molecule has 8 nitrogen and oxygen atoms in total. The van der Waals surface area contributed by atoms with Crippen LogP contribution in [0, 0.1) is 5.41 Å². The SMILES string of the molecule is CN(C)c1ccc(C(=O)Oc2ccc3cc(C(=N)N)ccc3c2)cc1.CS(=O)(=O)O. The number of nitrogens with two attached hydrogens (primary N) is 1. The van der Waals surface area contributed by atoms with Gasteiger partial charge in [0.05, 0.1) is 11.8 Å². The number of amidine groups is 1. The molecule has 0 radical (unpaired) electrons. The van der Waals surface area contributed by atoms with Gasteiger partial charge in [-0.2, -0.15) is 8.42 Å². The molecule has 0 atom stereocenters. The molecule has 9 heteroatoms. The van der Waals surface area contributed by atoms with Gasteiger partial charge in [0.2, 0.25) is 0 Å². The van der Waals surface area contributed by atoms with Gasteiger partial charge in [-0.1, -0.05) is 18.2 Å². The van der Waals surface area contributed by atoms with E-state index >= 15 is 0 Å². The molecule has 3 rings (SSSR count). The molecule has 0 spiro atoms. The van der Waals surface area contributed by atoms with Crippen LogP contribution in [0.3, 0.4) is 0 Å². The maximum absolute atomic E-state index is 12.3. The van der Waals surface area contributed by atoms with Crippen molar-refractivity contribution in [3.63, 3.8) is 0 Å². The monoisotopic (exact) mass is 429 g/mol. The Morgan fingerprint density at radius 1 is 0.967 bits per heavy atom. The Morgan fingerprint density at radius 3 is 2.00 bits per heavy atom. The van der Waals surface area contributed by atoms with Crippen LogP contribution in [0.5, 0.6) is 5.75 Å². The summed E-state index contributed by atoms with van der Waals surface area (Å²) in [4.78, 5) is 14.3. The average molecular weight is 429 g/mol. The number of anilines is 1. The maximum atomic E-state index is 12.3. The van der Waals surface area contributed by atoms with E-state index in [9.17, 15) is 13.2 Å². The predicted molar refractivity (Wildman–Crippen MR) is 118 cm³/mol. The largest absolute Gasteiger partial charge is 0.423 e. The first-order chi connectivity index (χ1) is 13.9. The average Bonchev–Trinajstić information content (AvgIpc) is 2.66. The maximum Gasteiger partial charge on any atom is 0.343 e. The Kier molecular flexibility index (Phi) is 7.14. The number of hydrogen-bond donors (Lipinski definition) is 3. The summed E-state index contributed by atoms with van der Waals surface area (Å²) in [6, 6.07) is 18.1. The standard InChI is InChI=1S/C20H19N3O2.CH4O3S/c1-23(2)17-8-5-13(6-9-17)20(24)25-18-10-7-14-11-16(19(21)22)4-3-15(14)12-18;1-5(2,3)4/h3-12H,1-2H3,(H3,21,22);1H3,(H,2,3,4). The predicted octanol–water partition coefficient (Wildman–Crippen LogP) is 2.91. The molecule has 0 unspecified atom stereocenters. The van der Waals surface area contributed by atoms with Crippen molar-refractivity contribution >= 4 is 38.4 Å². The van der Waals surface area contributed by atoms with Gasteiger partial charge in [-0.05, 0) is 53.2 Å².